The number of carbonyl (C=O) groups is 1. The molecule has 34 heavy (non-hydrogen) atoms. The second-order valence-corrected chi connectivity index (χ2v) is 7.83. The van der Waals surface area contributed by atoms with E-state index in [1.54, 1.807) is 31.2 Å². The van der Waals surface area contributed by atoms with E-state index in [0.29, 0.717) is 16.8 Å². The van der Waals surface area contributed by atoms with Crippen LogP contribution in [0.5, 0.6) is 0 Å². The zero-order valence-electron chi connectivity index (χ0n) is 17.7. The van der Waals surface area contributed by atoms with Gasteiger partial charge >= 0.3 is 12.1 Å². The average Bonchev–Trinajstić information content (AvgIpc) is 3.39. The highest BCUT2D eigenvalue weighted by molar-refractivity contribution is 6.32. The number of ether oxygens (including phenoxy) is 1. The smallest absolute Gasteiger partial charge is 0.435 e. The van der Waals surface area contributed by atoms with Crippen molar-refractivity contribution in [2.75, 3.05) is 6.61 Å². The fourth-order valence-electron chi connectivity index (χ4n) is 3.41. The molecule has 0 unspecified atom stereocenters. The van der Waals surface area contributed by atoms with E-state index in [1.807, 2.05) is 0 Å². The molecule has 0 amide bonds. The van der Waals surface area contributed by atoms with Crippen molar-refractivity contribution in [3.63, 3.8) is 0 Å². The number of esters is 1. The summed E-state index contributed by atoms with van der Waals surface area (Å²) in [6.45, 7) is 1.72. The number of hydrogen-bond acceptors (Lipinski definition) is 4. The maximum absolute atomic E-state index is 13.4. The minimum Gasteiger partial charge on any atom is -0.462 e. The van der Waals surface area contributed by atoms with Gasteiger partial charge in [0, 0.05) is 23.2 Å². The van der Waals surface area contributed by atoms with Crippen molar-refractivity contribution in [1.29, 1.82) is 0 Å². The molecule has 0 saturated carbocycles. The average molecular weight is 491 g/mol. The first-order chi connectivity index (χ1) is 16.1. The summed E-state index contributed by atoms with van der Waals surface area (Å²) in [4.78, 5) is 24.0. The molecule has 0 spiro atoms. The van der Waals surface area contributed by atoms with Gasteiger partial charge in [0.2, 0.25) is 0 Å². The van der Waals surface area contributed by atoms with Crippen molar-refractivity contribution in [2.24, 2.45) is 0 Å². The molecular weight excluding hydrogens is 473 g/mol. The highest BCUT2D eigenvalue weighted by Gasteiger charge is 2.35. The minimum atomic E-state index is -4.65. The number of rotatable bonds is 6. The number of para-hydroxylation sites is 1. The summed E-state index contributed by atoms with van der Waals surface area (Å²) in [6.07, 6.45) is -4.41. The molecule has 2 aromatic heterocycles. The summed E-state index contributed by atoms with van der Waals surface area (Å²) < 4.78 is 46.4. The molecule has 0 aliphatic carbocycles. The number of nitrogens with zero attached hydrogens (tertiary/aromatic N) is 2. The molecule has 4 rings (SSSR count). The summed E-state index contributed by atoms with van der Waals surface area (Å²) in [7, 11) is 0. The maximum atomic E-state index is 13.4. The third kappa shape index (κ3) is 4.76. The topological polar surface area (TPSA) is 92.8 Å². The van der Waals surface area contributed by atoms with Crippen LogP contribution in [0.1, 0.15) is 27.3 Å². The standard InChI is InChI=1S/C23H18ClF3N4O3/c1-13-16(21(32)29-28-13)10-11-34-22(33)15-8-6-14(7-9-15)19-12-20(23(25,26)27)30-31(19)18-5-3-2-4-17(18)24/h2-9,12H,10-11H2,1H3,(H2,28,29,32). The van der Waals surface area contributed by atoms with E-state index in [-0.39, 0.29) is 40.6 Å². The van der Waals surface area contributed by atoms with Crippen LogP contribution in [-0.2, 0) is 17.3 Å². The highest BCUT2D eigenvalue weighted by Crippen LogP contribution is 2.34. The van der Waals surface area contributed by atoms with Crippen molar-refractivity contribution in [2.45, 2.75) is 19.5 Å². The lowest BCUT2D eigenvalue weighted by Crippen LogP contribution is -2.13. The quantitative estimate of drug-likeness (QED) is 0.375. The Labute approximate surface area is 196 Å². The van der Waals surface area contributed by atoms with Crippen LogP contribution >= 0.6 is 11.6 Å². The highest BCUT2D eigenvalue weighted by atomic mass is 35.5. The number of benzene rings is 2. The zero-order chi connectivity index (χ0) is 24.5. The Kier molecular flexibility index (Phi) is 6.34. The van der Waals surface area contributed by atoms with Gasteiger partial charge in [0.25, 0.3) is 5.56 Å². The lowest BCUT2D eigenvalue weighted by molar-refractivity contribution is -0.141. The second kappa shape index (κ2) is 9.22. The van der Waals surface area contributed by atoms with Gasteiger partial charge in [-0.1, -0.05) is 35.9 Å². The fraction of sp³-hybridized carbons (Fsp3) is 0.174. The van der Waals surface area contributed by atoms with E-state index < -0.39 is 17.8 Å². The van der Waals surface area contributed by atoms with Crippen LogP contribution in [0.3, 0.4) is 0 Å². The molecule has 7 nitrogen and oxygen atoms in total. The van der Waals surface area contributed by atoms with E-state index in [2.05, 4.69) is 15.3 Å². The molecule has 2 N–H and O–H groups in total. The molecule has 2 aromatic carbocycles. The van der Waals surface area contributed by atoms with Crippen LogP contribution in [-0.4, -0.2) is 32.6 Å². The van der Waals surface area contributed by atoms with Gasteiger partial charge in [0.1, 0.15) is 0 Å². The lowest BCUT2D eigenvalue weighted by atomic mass is 10.1. The molecule has 0 aliphatic heterocycles. The van der Waals surface area contributed by atoms with Crippen molar-refractivity contribution >= 4 is 17.6 Å². The normalized spacial score (nSPS) is 11.6. The molecule has 0 atom stereocenters. The van der Waals surface area contributed by atoms with Gasteiger partial charge in [-0.15, -0.1) is 0 Å². The number of aryl methyl sites for hydroxylation is 1. The van der Waals surface area contributed by atoms with Crippen molar-refractivity contribution in [3.05, 3.63) is 92.5 Å². The molecule has 176 valence electrons. The number of hydrogen-bond donors (Lipinski definition) is 2. The Hall–Kier alpha value is -3.79. The molecule has 11 heteroatoms. The number of aromatic amines is 2. The van der Waals surface area contributed by atoms with Gasteiger partial charge in [-0.2, -0.15) is 18.3 Å². The summed E-state index contributed by atoms with van der Waals surface area (Å²) in [6, 6.07) is 13.2. The van der Waals surface area contributed by atoms with Crippen LogP contribution in [0.2, 0.25) is 5.02 Å². The number of carbonyl (C=O) groups excluding carboxylic acids is 1. The summed E-state index contributed by atoms with van der Waals surface area (Å²) in [5.41, 5.74) is 0.871. The predicted octanol–water partition coefficient (Wildman–Crippen LogP) is 4.94. The Morgan fingerprint density at radius 3 is 2.44 bits per heavy atom. The van der Waals surface area contributed by atoms with Crippen LogP contribution < -0.4 is 5.56 Å². The van der Waals surface area contributed by atoms with Gasteiger partial charge in [0.05, 0.1) is 28.6 Å². The second-order valence-electron chi connectivity index (χ2n) is 7.42. The van der Waals surface area contributed by atoms with E-state index >= 15 is 0 Å². The molecule has 0 fully saturated rings. The third-order valence-electron chi connectivity index (χ3n) is 5.17. The Morgan fingerprint density at radius 2 is 1.82 bits per heavy atom. The molecule has 0 radical (unpaired) electrons. The summed E-state index contributed by atoms with van der Waals surface area (Å²) >= 11 is 6.19. The van der Waals surface area contributed by atoms with Crippen LogP contribution in [0, 0.1) is 6.92 Å². The SMILES string of the molecule is Cc1[nH][nH]c(=O)c1CCOC(=O)c1ccc(-c2cc(C(F)(F)F)nn2-c2ccccc2Cl)cc1. The van der Waals surface area contributed by atoms with Crippen molar-refractivity contribution < 1.29 is 22.7 Å². The predicted molar refractivity (Wildman–Crippen MR) is 119 cm³/mol. The maximum Gasteiger partial charge on any atom is 0.435 e. The van der Waals surface area contributed by atoms with Gasteiger partial charge in [-0.05, 0) is 37.3 Å². The van der Waals surface area contributed by atoms with Crippen LogP contribution in [0.25, 0.3) is 16.9 Å². The number of nitrogens with one attached hydrogen (secondary N) is 2. The summed E-state index contributed by atoms with van der Waals surface area (Å²) in [5, 5.41) is 9.09. The van der Waals surface area contributed by atoms with Gasteiger partial charge in [-0.25, -0.2) is 9.48 Å². The fourth-order valence-corrected chi connectivity index (χ4v) is 3.63. The number of halogens is 4. The molecule has 4 aromatic rings. The molecular formula is C23H18ClF3N4O3. The number of aromatic nitrogens is 4. The minimum absolute atomic E-state index is 0.00340. The first-order valence-electron chi connectivity index (χ1n) is 10.1. The van der Waals surface area contributed by atoms with Gasteiger partial charge in [-0.3, -0.25) is 9.89 Å². The molecule has 2 heterocycles. The molecule has 0 bridgehead atoms. The van der Waals surface area contributed by atoms with Gasteiger partial charge in [0.15, 0.2) is 5.69 Å². The third-order valence-corrected chi connectivity index (χ3v) is 5.49. The number of alkyl halides is 3. The van der Waals surface area contributed by atoms with E-state index in [1.165, 1.54) is 24.3 Å². The number of H-pyrrole nitrogens is 2. The lowest BCUT2D eigenvalue weighted by Gasteiger charge is -2.10. The first kappa shape index (κ1) is 23.4. The Morgan fingerprint density at radius 1 is 1.12 bits per heavy atom. The van der Waals surface area contributed by atoms with E-state index in [0.717, 1.165) is 10.7 Å². The first-order valence-corrected chi connectivity index (χ1v) is 10.5. The van der Waals surface area contributed by atoms with Crippen molar-refractivity contribution in [3.8, 4) is 16.9 Å². The van der Waals surface area contributed by atoms with Crippen molar-refractivity contribution in [1.82, 2.24) is 20.0 Å². The summed E-state index contributed by atoms with van der Waals surface area (Å²) in [5.74, 6) is -0.619. The molecule has 0 saturated heterocycles. The van der Waals surface area contributed by atoms with E-state index in [4.69, 9.17) is 16.3 Å². The largest absolute Gasteiger partial charge is 0.462 e. The molecule has 0 aliphatic rings. The van der Waals surface area contributed by atoms with Gasteiger partial charge < -0.3 is 9.84 Å². The van der Waals surface area contributed by atoms with Crippen LogP contribution in [0.15, 0.2) is 59.4 Å². The monoisotopic (exact) mass is 490 g/mol. The Balaban J connectivity index is 1.56. The van der Waals surface area contributed by atoms with Crippen LogP contribution in [0.4, 0.5) is 13.2 Å². The van der Waals surface area contributed by atoms with E-state index in [9.17, 15) is 22.8 Å². The zero-order valence-corrected chi connectivity index (χ0v) is 18.5. The Bertz CT molecular complexity index is 1390.